The Morgan fingerprint density at radius 1 is 1.04 bits per heavy atom. The Kier molecular flexibility index (Phi) is 5.81. The van der Waals surface area contributed by atoms with Crippen LogP contribution in [-0.4, -0.2) is 10.9 Å². The average molecular weight is 370 g/mol. The first-order valence-electron chi connectivity index (χ1n) is 8.07. The summed E-state index contributed by atoms with van der Waals surface area (Å²) in [5, 5.41) is 6.65. The molecule has 1 heterocycles. The van der Waals surface area contributed by atoms with Gasteiger partial charge in [-0.05, 0) is 47.5 Å². The number of hydrogen-bond donors (Lipinski definition) is 2. The summed E-state index contributed by atoms with van der Waals surface area (Å²) in [5.41, 5.74) is 2.55. The second-order valence-electron chi connectivity index (χ2n) is 5.77. The molecule has 0 atom stereocenters. The van der Waals surface area contributed by atoms with Gasteiger partial charge in [0.1, 0.15) is 11.6 Å². The summed E-state index contributed by atoms with van der Waals surface area (Å²) >= 11 is 5.86. The first-order chi connectivity index (χ1) is 12.6. The fourth-order valence-electron chi connectivity index (χ4n) is 2.40. The highest BCUT2D eigenvalue weighted by molar-refractivity contribution is 6.30. The van der Waals surface area contributed by atoms with E-state index >= 15 is 0 Å². The Morgan fingerprint density at radius 2 is 1.85 bits per heavy atom. The molecule has 0 fully saturated rings. The fourth-order valence-corrected chi connectivity index (χ4v) is 2.52. The SMILES string of the molecule is O=C(Cc1cccc(F)c1)Nc1ccc(NCc2ccc(Cl)cc2)cn1. The van der Waals surface area contributed by atoms with Gasteiger partial charge in [0.15, 0.2) is 0 Å². The van der Waals surface area contributed by atoms with E-state index in [9.17, 15) is 9.18 Å². The van der Waals surface area contributed by atoms with Gasteiger partial charge < -0.3 is 10.6 Å². The number of rotatable bonds is 6. The van der Waals surface area contributed by atoms with Gasteiger partial charge in [-0.3, -0.25) is 4.79 Å². The van der Waals surface area contributed by atoms with Gasteiger partial charge in [0.25, 0.3) is 0 Å². The number of nitrogens with one attached hydrogen (secondary N) is 2. The second kappa shape index (κ2) is 8.45. The predicted octanol–water partition coefficient (Wildman–Crippen LogP) is 4.67. The molecule has 6 heteroatoms. The number of amides is 1. The van der Waals surface area contributed by atoms with Crippen LogP contribution in [0.5, 0.6) is 0 Å². The number of benzene rings is 2. The molecule has 2 aromatic carbocycles. The normalized spacial score (nSPS) is 10.4. The van der Waals surface area contributed by atoms with Gasteiger partial charge in [0.05, 0.1) is 18.3 Å². The molecule has 132 valence electrons. The first-order valence-corrected chi connectivity index (χ1v) is 8.45. The van der Waals surface area contributed by atoms with Crippen LogP contribution in [-0.2, 0) is 17.8 Å². The summed E-state index contributed by atoms with van der Waals surface area (Å²) in [4.78, 5) is 16.2. The molecular formula is C20H17ClFN3O. The van der Waals surface area contributed by atoms with Gasteiger partial charge in [0, 0.05) is 11.6 Å². The number of carbonyl (C=O) groups is 1. The lowest BCUT2D eigenvalue weighted by molar-refractivity contribution is -0.115. The van der Waals surface area contributed by atoms with Crippen molar-refractivity contribution in [3.63, 3.8) is 0 Å². The number of hydrogen-bond acceptors (Lipinski definition) is 3. The number of carbonyl (C=O) groups excluding carboxylic acids is 1. The highest BCUT2D eigenvalue weighted by Gasteiger charge is 2.06. The number of halogens is 2. The molecule has 3 aromatic rings. The Morgan fingerprint density at radius 3 is 2.54 bits per heavy atom. The highest BCUT2D eigenvalue weighted by atomic mass is 35.5. The number of nitrogens with zero attached hydrogens (tertiary/aromatic N) is 1. The Hall–Kier alpha value is -2.92. The molecular weight excluding hydrogens is 353 g/mol. The molecule has 0 saturated heterocycles. The highest BCUT2D eigenvalue weighted by Crippen LogP contribution is 2.14. The minimum Gasteiger partial charge on any atom is -0.380 e. The molecule has 0 aliphatic heterocycles. The van der Waals surface area contributed by atoms with Crippen molar-refractivity contribution in [3.8, 4) is 0 Å². The molecule has 0 aliphatic rings. The van der Waals surface area contributed by atoms with E-state index in [1.807, 2.05) is 30.3 Å². The summed E-state index contributed by atoms with van der Waals surface area (Å²) in [6.07, 6.45) is 1.74. The standard InChI is InChI=1S/C20H17ClFN3O/c21-16-6-4-14(5-7-16)12-23-18-8-9-19(24-13-18)25-20(26)11-15-2-1-3-17(22)10-15/h1-10,13,23H,11-12H2,(H,24,25,26). The van der Waals surface area contributed by atoms with Crippen LogP contribution in [0, 0.1) is 5.82 Å². The van der Waals surface area contributed by atoms with Gasteiger partial charge in [0.2, 0.25) is 5.91 Å². The summed E-state index contributed by atoms with van der Waals surface area (Å²) < 4.78 is 13.1. The molecule has 0 unspecified atom stereocenters. The van der Waals surface area contributed by atoms with E-state index in [0.29, 0.717) is 22.9 Å². The lowest BCUT2D eigenvalue weighted by atomic mass is 10.1. The molecule has 0 aliphatic carbocycles. The minimum absolute atomic E-state index is 0.0933. The van der Waals surface area contributed by atoms with Gasteiger partial charge in [-0.2, -0.15) is 0 Å². The van der Waals surface area contributed by atoms with Crippen molar-refractivity contribution >= 4 is 29.0 Å². The summed E-state index contributed by atoms with van der Waals surface area (Å²) in [7, 11) is 0. The van der Waals surface area contributed by atoms with Crippen molar-refractivity contribution < 1.29 is 9.18 Å². The third kappa shape index (κ3) is 5.29. The van der Waals surface area contributed by atoms with Crippen molar-refractivity contribution in [2.24, 2.45) is 0 Å². The maximum absolute atomic E-state index is 13.1. The third-order valence-corrected chi connectivity index (χ3v) is 3.95. The zero-order chi connectivity index (χ0) is 18.4. The van der Waals surface area contributed by atoms with Crippen molar-refractivity contribution in [1.82, 2.24) is 4.98 Å². The van der Waals surface area contributed by atoms with Crippen LogP contribution >= 0.6 is 11.6 Å². The van der Waals surface area contributed by atoms with E-state index in [1.165, 1.54) is 12.1 Å². The van der Waals surface area contributed by atoms with E-state index < -0.39 is 0 Å². The zero-order valence-corrected chi connectivity index (χ0v) is 14.6. The van der Waals surface area contributed by atoms with E-state index in [4.69, 9.17) is 11.6 Å². The Bertz CT molecular complexity index is 882. The lowest BCUT2D eigenvalue weighted by Gasteiger charge is -2.08. The quantitative estimate of drug-likeness (QED) is 0.664. The molecule has 0 radical (unpaired) electrons. The maximum Gasteiger partial charge on any atom is 0.229 e. The molecule has 26 heavy (non-hydrogen) atoms. The minimum atomic E-state index is -0.357. The van der Waals surface area contributed by atoms with Gasteiger partial charge >= 0.3 is 0 Å². The maximum atomic E-state index is 13.1. The monoisotopic (exact) mass is 369 g/mol. The van der Waals surface area contributed by atoms with E-state index in [2.05, 4.69) is 15.6 Å². The second-order valence-corrected chi connectivity index (χ2v) is 6.20. The summed E-state index contributed by atoms with van der Waals surface area (Å²) in [6.45, 7) is 0.643. The van der Waals surface area contributed by atoms with Crippen LogP contribution in [0.2, 0.25) is 5.02 Å². The number of pyridine rings is 1. The van der Waals surface area contributed by atoms with Gasteiger partial charge in [-0.25, -0.2) is 9.37 Å². The molecule has 0 bridgehead atoms. The van der Waals surface area contributed by atoms with E-state index in [1.54, 1.807) is 24.4 Å². The largest absolute Gasteiger partial charge is 0.380 e. The molecule has 3 rings (SSSR count). The molecule has 1 amide bonds. The number of aromatic nitrogens is 1. The van der Waals surface area contributed by atoms with Gasteiger partial charge in [-0.15, -0.1) is 0 Å². The van der Waals surface area contributed by atoms with Gasteiger partial charge in [-0.1, -0.05) is 35.9 Å². The predicted molar refractivity (Wildman–Crippen MR) is 102 cm³/mol. The zero-order valence-electron chi connectivity index (χ0n) is 13.9. The van der Waals surface area contributed by atoms with Crippen molar-refractivity contribution in [2.45, 2.75) is 13.0 Å². The third-order valence-electron chi connectivity index (χ3n) is 3.69. The Balaban J connectivity index is 1.52. The van der Waals surface area contributed by atoms with Crippen LogP contribution in [0.3, 0.4) is 0 Å². The van der Waals surface area contributed by atoms with Crippen LogP contribution < -0.4 is 10.6 Å². The smallest absolute Gasteiger partial charge is 0.229 e. The van der Waals surface area contributed by atoms with E-state index in [-0.39, 0.29) is 18.1 Å². The van der Waals surface area contributed by atoms with Crippen molar-refractivity contribution in [2.75, 3.05) is 10.6 Å². The topological polar surface area (TPSA) is 54.0 Å². The van der Waals surface area contributed by atoms with Crippen LogP contribution in [0.25, 0.3) is 0 Å². The lowest BCUT2D eigenvalue weighted by Crippen LogP contribution is -2.15. The Labute approximate surface area is 156 Å². The van der Waals surface area contributed by atoms with E-state index in [0.717, 1.165) is 11.3 Å². The molecule has 0 saturated carbocycles. The fraction of sp³-hybridized carbons (Fsp3) is 0.100. The molecule has 4 nitrogen and oxygen atoms in total. The average Bonchev–Trinajstić information content (AvgIpc) is 2.62. The van der Waals surface area contributed by atoms with Crippen molar-refractivity contribution in [3.05, 3.63) is 88.8 Å². The van der Waals surface area contributed by atoms with Crippen LogP contribution in [0.4, 0.5) is 15.9 Å². The summed E-state index contributed by atoms with van der Waals surface area (Å²) in [6, 6.07) is 17.1. The molecule has 1 aromatic heterocycles. The molecule has 0 spiro atoms. The van der Waals surface area contributed by atoms with Crippen LogP contribution in [0.15, 0.2) is 66.9 Å². The molecule has 2 N–H and O–H groups in total. The first kappa shape index (κ1) is 17.9. The van der Waals surface area contributed by atoms with Crippen molar-refractivity contribution in [1.29, 1.82) is 0 Å². The van der Waals surface area contributed by atoms with Crippen LogP contribution in [0.1, 0.15) is 11.1 Å². The number of anilines is 2. The summed E-state index contributed by atoms with van der Waals surface area (Å²) in [5.74, 6) is -0.155.